The van der Waals surface area contributed by atoms with Crippen molar-refractivity contribution in [3.05, 3.63) is 35.4 Å². The van der Waals surface area contributed by atoms with Gasteiger partial charge in [0, 0.05) is 44.9 Å². The van der Waals surface area contributed by atoms with Crippen molar-refractivity contribution in [3.63, 3.8) is 0 Å². The van der Waals surface area contributed by atoms with E-state index in [1.165, 1.54) is 11.1 Å². The molecular formula is C20H31N3O2. The van der Waals surface area contributed by atoms with E-state index in [1.807, 2.05) is 4.90 Å². The Morgan fingerprint density at radius 2 is 1.88 bits per heavy atom. The van der Waals surface area contributed by atoms with Gasteiger partial charge in [0.2, 0.25) is 0 Å². The summed E-state index contributed by atoms with van der Waals surface area (Å²) in [5, 5.41) is 12.3. The molecule has 0 saturated carbocycles. The molecule has 5 heteroatoms. The molecule has 2 amide bonds. The van der Waals surface area contributed by atoms with Gasteiger partial charge in [0.15, 0.2) is 0 Å². The molecular weight excluding hydrogens is 314 g/mol. The monoisotopic (exact) mass is 345 g/mol. The largest absolute Gasteiger partial charge is 0.396 e. The first kappa shape index (κ1) is 18.2. The number of fused-ring (bicyclic) bond motifs is 1. The van der Waals surface area contributed by atoms with E-state index in [1.54, 1.807) is 0 Å². The minimum absolute atomic E-state index is 0.0295. The molecule has 5 nitrogen and oxygen atoms in total. The molecule has 0 aliphatic carbocycles. The van der Waals surface area contributed by atoms with Crippen molar-refractivity contribution in [1.82, 2.24) is 15.1 Å². The van der Waals surface area contributed by atoms with E-state index >= 15 is 0 Å². The molecule has 0 atom stereocenters. The lowest BCUT2D eigenvalue weighted by molar-refractivity contribution is 0.0983. The van der Waals surface area contributed by atoms with Gasteiger partial charge in [-0.25, -0.2) is 4.79 Å². The fourth-order valence-corrected chi connectivity index (χ4v) is 3.85. The van der Waals surface area contributed by atoms with Gasteiger partial charge in [0.25, 0.3) is 0 Å². The molecule has 2 N–H and O–H groups in total. The Hall–Kier alpha value is -1.59. The molecule has 25 heavy (non-hydrogen) atoms. The van der Waals surface area contributed by atoms with Gasteiger partial charge in [-0.1, -0.05) is 24.3 Å². The summed E-state index contributed by atoms with van der Waals surface area (Å²) in [6.07, 6.45) is 2.87. The van der Waals surface area contributed by atoms with Crippen molar-refractivity contribution in [1.29, 1.82) is 0 Å². The van der Waals surface area contributed by atoms with Crippen LogP contribution < -0.4 is 5.32 Å². The van der Waals surface area contributed by atoms with Crippen LogP contribution in [0.5, 0.6) is 0 Å². The number of hydrogen-bond donors (Lipinski definition) is 2. The highest BCUT2D eigenvalue weighted by Crippen LogP contribution is 2.25. The van der Waals surface area contributed by atoms with E-state index in [0.29, 0.717) is 12.5 Å². The number of nitrogens with one attached hydrogen (secondary N) is 1. The van der Waals surface area contributed by atoms with Gasteiger partial charge in [0.05, 0.1) is 0 Å². The standard InChI is InChI=1S/C20H31N3O2/c1-20(2,23-12-9-17-5-3-4-6-18(17)13-23)15-21-19(25)22-10-7-16(14-24)8-11-22/h3-6,16,24H,7-15H2,1-2H3,(H,21,25). The van der Waals surface area contributed by atoms with Crippen LogP contribution in [0.15, 0.2) is 24.3 Å². The number of benzene rings is 1. The van der Waals surface area contributed by atoms with Crippen LogP contribution in [0.25, 0.3) is 0 Å². The van der Waals surface area contributed by atoms with E-state index < -0.39 is 0 Å². The number of nitrogens with zero attached hydrogens (tertiary/aromatic N) is 2. The van der Waals surface area contributed by atoms with Crippen LogP contribution in [0.2, 0.25) is 0 Å². The number of aliphatic hydroxyl groups excluding tert-OH is 1. The molecule has 1 saturated heterocycles. The number of hydrogen-bond acceptors (Lipinski definition) is 3. The van der Waals surface area contributed by atoms with Crippen LogP contribution >= 0.6 is 0 Å². The van der Waals surface area contributed by atoms with Gasteiger partial charge in [0.1, 0.15) is 0 Å². The summed E-state index contributed by atoms with van der Waals surface area (Å²) in [6, 6.07) is 8.67. The Labute approximate surface area is 151 Å². The number of rotatable bonds is 4. The molecule has 1 aromatic rings. The van der Waals surface area contributed by atoms with Crippen LogP contribution in [0.3, 0.4) is 0 Å². The van der Waals surface area contributed by atoms with Gasteiger partial charge in [-0.2, -0.15) is 0 Å². The molecule has 0 radical (unpaired) electrons. The summed E-state index contributed by atoms with van der Waals surface area (Å²) in [5.41, 5.74) is 2.77. The summed E-state index contributed by atoms with van der Waals surface area (Å²) >= 11 is 0. The Balaban J connectivity index is 1.51. The zero-order valence-corrected chi connectivity index (χ0v) is 15.5. The average molecular weight is 345 g/mol. The van der Waals surface area contributed by atoms with Gasteiger partial charge >= 0.3 is 6.03 Å². The van der Waals surface area contributed by atoms with Crippen molar-refractivity contribution in [2.45, 2.75) is 45.2 Å². The third kappa shape index (κ3) is 4.33. The van der Waals surface area contributed by atoms with E-state index in [0.717, 1.165) is 45.4 Å². The van der Waals surface area contributed by atoms with E-state index in [-0.39, 0.29) is 18.2 Å². The predicted molar refractivity (Wildman–Crippen MR) is 99.4 cm³/mol. The quantitative estimate of drug-likeness (QED) is 0.880. The van der Waals surface area contributed by atoms with Crippen molar-refractivity contribution in [3.8, 4) is 0 Å². The summed E-state index contributed by atoms with van der Waals surface area (Å²) in [5.74, 6) is 0.355. The summed E-state index contributed by atoms with van der Waals surface area (Å²) in [7, 11) is 0. The fraction of sp³-hybridized carbons (Fsp3) is 0.650. The Kier molecular flexibility index (Phi) is 5.64. The smallest absolute Gasteiger partial charge is 0.317 e. The van der Waals surface area contributed by atoms with E-state index in [2.05, 4.69) is 48.3 Å². The third-order valence-electron chi connectivity index (χ3n) is 5.82. The number of amides is 2. The number of aliphatic hydroxyl groups is 1. The van der Waals surface area contributed by atoms with Gasteiger partial charge < -0.3 is 15.3 Å². The first-order valence-corrected chi connectivity index (χ1v) is 9.45. The van der Waals surface area contributed by atoms with Crippen molar-refractivity contribution in [2.24, 2.45) is 5.92 Å². The highest BCUT2D eigenvalue weighted by molar-refractivity contribution is 5.74. The van der Waals surface area contributed by atoms with Crippen LogP contribution in [0, 0.1) is 5.92 Å². The predicted octanol–water partition coefficient (Wildman–Crippen LogP) is 2.24. The Morgan fingerprint density at radius 1 is 1.20 bits per heavy atom. The maximum atomic E-state index is 12.5. The Morgan fingerprint density at radius 3 is 2.56 bits per heavy atom. The first-order valence-electron chi connectivity index (χ1n) is 9.45. The fourth-order valence-electron chi connectivity index (χ4n) is 3.85. The second-order valence-electron chi connectivity index (χ2n) is 8.02. The topological polar surface area (TPSA) is 55.8 Å². The molecule has 0 bridgehead atoms. The van der Waals surface area contributed by atoms with E-state index in [9.17, 15) is 9.90 Å². The zero-order chi connectivity index (χ0) is 17.9. The second-order valence-corrected chi connectivity index (χ2v) is 8.02. The summed E-state index contributed by atoms with van der Waals surface area (Å²) in [6.45, 7) is 8.76. The molecule has 1 fully saturated rings. The lowest BCUT2D eigenvalue weighted by Gasteiger charge is -2.42. The summed E-state index contributed by atoms with van der Waals surface area (Å²) < 4.78 is 0. The zero-order valence-electron chi connectivity index (χ0n) is 15.5. The van der Waals surface area contributed by atoms with Crippen LogP contribution in [-0.4, -0.2) is 59.3 Å². The molecule has 0 unspecified atom stereocenters. The maximum Gasteiger partial charge on any atom is 0.317 e. The molecule has 138 valence electrons. The van der Waals surface area contributed by atoms with Gasteiger partial charge in [-0.3, -0.25) is 4.90 Å². The van der Waals surface area contributed by atoms with Gasteiger partial charge in [-0.05, 0) is 50.2 Å². The maximum absolute atomic E-state index is 12.5. The summed E-state index contributed by atoms with van der Waals surface area (Å²) in [4.78, 5) is 16.8. The average Bonchev–Trinajstić information content (AvgIpc) is 2.66. The van der Waals surface area contributed by atoms with Crippen LogP contribution in [0.1, 0.15) is 37.8 Å². The molecule has 0 aromatic heterocycles. The molecule has 2 aliphatic heterocycles. The van der Waals surface area contributed by atoms with Crippen LogP contribution in [-0.2, 0) is 13.0 Å². The lowest BCUT2D eigenvalue weighted by atomic mass is 9.94. The number of piperidine rings is 1. The van der Waals surface area contributed by atoms with Crippen LogP contribution in [0.4, 0.5) is 4.79 Å². The lowest BCUT2D eigenvalue weighted by Crippen LogP contribution is -2.55. The number of likely N-dealkylation sites (tertiary alicyclic amines) is 1. The Bertz CT molecular complexity index is 594. The highest BCUT2D eigenvalue weighted by Gasteiger charge is 2.31. The molecule has 3 rings (SSSR count). The number of carbonyl (C=O) groups excluding carboxylic acids is 1. The van der Waals surface area contributed by atoms with Gasteiger partial charge in [-0.15, -0.1) is 0 Å². The van der Waals surface area contributed by atoms with Crippen molar-refractivity contribution < 1.29 is 9.90 Å². The second kappa shape index (κ2) is 7.75. The normalized spacial score (nSPS) is 19.6. The molecule has 2 heterocycles. The van der Waals surface area contributed by atoms with Crippen molar-refractivity contribution in [2.75, 3.05) is 32.8 Å². The third-order valence-corrected chi connectivity index (χ3v) is 5.82. The minimum Gasteiger partial charge on any atom is -0.396 e. The highest BCUT2D eigenvalue weighted by atomic mass is 16.3. The molecule has 2 aliphatic rings. The number of carbonyl (C=O) groups is 1. The first-order chi connectivity index (χ1) is 12.0. The SMILES string of the molecule is CC(C)(CNC(=O)N1CCC(CO)CC1)N1CCc2ccccc2C1. The molecule has 1 aromatic carbocycles. The van der Waals surface area contributed by atoms with E-state index in [4.69, 9.17) is 0 Å². The minimum atomic E-state index is -0.0768. The molecule has 0 spiro atoms. The number of urea groups is 1. The van der Waals surface area contributed by atoms with Crippen molar-refractivity contribution >= 4 is 6.03 Å².